The molecule has 106 valence electrons. The minimum absolute atomic E-state index is 0.345. The number of pyridine rings is 1. The van der Waals surface area contributed by atoms with Gasteiger partial charge in [-0.3, -0.25) is 0 Å². The molecule has 0 fully saturated rings. The molecule has 7 heteroatoms. The van der Waals surface area contributed by atoms with Crippen molar-refractivity contribution in [3.63, 3.8) is 0 Å². The van der Waals surface area contributed by atoms with Crippen molar-refractivity contribution < 1.29 is 14.3 Å². The molecule has 2 rings (SSSR count). The van der Waals surface area contributed by atoms with Crippen LogP contribution in [0.3, 0.4) is 0 Å². The zero-order valence-electron chi connectivity index (χ0n) is 10.6. The Morgan fingerprint density at radius 3 is 2.70 bits per heavy atom. The molecule has 0 radical (unpaired) electrons. The second-order valence-electron chi connectivity index (χ2n) is 3.98. The van der Waals surface area contributed by atoms with Crippen molar-refractivity contribution in [3.8, 4) is 5.75 Å². The zero-order chi connectivity index (χ0) is 14.9. The van der Waals surface area contributed by atoms with E-state index in [1.807, 2.05) is 12.1 Å². The number of carbonyl (C=O) groups excluding carboxylic acids is 1. The average Bonchev–Trinajstić information content (AvgIpc) is 2.41. The summed E-state index contributed by atoms with van der Waals surface area (Å²) in [5.74, 6) is -0.0152. The van der Waals surface area contributed by atoms with Crippen LogP contribution in [0.1, 0.15) is 6.92 Å². The van der Waals surface area contributed by atoms with E-state index in [2.05, 4.69) is 41.6 Å². The van der Waals surface area contributed by atoms with Crippen LogP contribution in [-0.4, -0.2) is 24.2 Å². The van der Waals surface area contributed by atoms with E-state index in [4.69, 9.17) is 16.3 Å². The lowest BCUT2D eigenvalue weighted by molar-refractivity contribution is -0.147. The number of aromatic nitrogens is 1. The van der Waals surface area contributed by atoms with Crippen molar-refractivity contribution in [2.75, 3.05) is 7.11 Å². The second kappa shape index (κ2) is 6.28. The van der Waals surface area contributed by atoms with Gasteiger partial charge in [0.1, 0.15) is 10.7 Å². The minimum Gasteiger partial charge on any atom is -0.476 e. The van der Waals surface area contributed by atoms with Crippen molar-refractivity contribution in [1.29, 1.82) is 0 Å². The van der Waals surface area contributed by atoms with Gasteiger partial charge in [-0.1, -0.05) is 27.5 Å². The Labute approximate surface area is 137 Å². The summed E-state index contributed by atoms with van der Waals surface area (Å²) >= 11 is 12.8. The Balaban J connectivity index is 2.57. The third kappa shape index (κ3) is 3.07. The normalized spacial score (nSPS) is 12.2. The van der Waals surface area contributed by atoms with Crippen molar-refractivity contribution in [3.05, 3.63) is 32.3 Å². The quantitative estimate of drug-likeness (QED) is 0.544. The zero-order valence-corrected chi connectivity index (χ0v) is 14.5. The molecule has 0 saturated heterocycles. The van der Waals surface area contributed by atoms with Gasteiger partial charge in [0.15, 0.2) is 11.9 Å². The van der Waals surface area contributed by atoms with Gasteiger partial charge < -0.3 is 9.47 Å². The van der Waals surface area contributed by atoms with Crippen molar-refractivity contribution in [2.24, 2.45) is 0 Å². The van der Waals surface area contributed by atoms with E-state index in [1.165, 1.54) is 7.11 Å². The molecule has 1 aromatic carbocycles. The van der Waals surface area contributed by atoms with Gasteiger partial charge in [-0.15, -0.1) is 0 Å². The molecular formula is C13H10Br2ClNO3. The van der Waals surface area contributed by atoms with Crippen LogP contribution in [0.2, 0.25) is 5.15 Å². The lowest BCUT2D eigenvalue weighted by Crippen LogP contribution is -2.25. The molecule has 20 heavy (non-hydrogen) atoms. The Kier molecular flexibility index (Phi) is 4.88. The monoisotopic (exact) mass is 421 g/mol. The number of halogens is 3. The fraction of sp³-hybridized carbons (Fsp3) is 0.231. The number of hydrogen-bond acceptors (Lipinski definition) is 4. The molecule has 1 heterocycles. The summed E-state index contributed by atoms with van der Waals surface area (Å²) in [5.41, 5.74) is 0.564. The van der Waals surface area contributed by atoms with E-state index >= 15 is 0 Å². The lowest BCUT2D eigenvalue weighted by atomic mass is 10.2. The van der Waals surface area contributed by atoms with Gasteiger partial charge in [-0.2, -0.15) is 0 Å². The van der Waals surface area contributed by atoms with Crippen LogP contribution in [-0.2, 0) is 9.53 Å². The number of nitrogens with zero attached hydrogens (tertiary/aromatic N) is 1. The van der Waals surface area contributed by atoms with Crippen molar-refractivity contribution in [2.45, 2.75) is 13.0 Å². The minimum atomic E-state index is -0.749. The van der Waals surface area contributed by atoms with Gasteiger partial charge in [0.2, 0.25) is 0 Å². The van der Waals surface area contributed by atoms with Gasteiger partial charge >= 0.3 is 5.97 Å². The number of fused-ring (bicyclic) bond motifs is 1. The van der Waals surface area contributed by atoms with E-state index < -0.39 is 12.1 Å². The van der Waals surface area contributed by atoms with Crippen LogP contribution in [0.25, 0.3) is 10.9 Å². The summed E-state index contributed by atoms with van der Waals surface area (Å²) in [4.78, 5) is 15.7. The highest BCUT2D eigenvalue weighted by molar-refractivity contribution is 9.11. The Bertz CT molecular complexity index is 678. The van der Waals surface area contributed by atoms with Crippen LogP contribution >= 0.6 is 43.5 Å². The number of ether oxygens (including phenoxy) is 2. The van der Waals surface area contributed by atoms with E-state index in [-0.39, 0.29) is 0 Å². The van der Waals surface area contributed by atoms with Crippen LogP contribution in [0, 0.1) is 0 Å². The summed E-state index contributed by atoms with van der Waals surface area (Å²) in [5, 5.41) is 1.18. The SMILES string of the molecule is COC(=O)C(C)Oc1c(Br)cc(Br)c2ccc(Cl)nc12. The molecule has 0 aliphatic rings. The molecule has 1 aromatic heterocycles. The summed E-state index contributed by atoms with van der Waals surface area (Å²) in [6, 6.07) is 5.35. The third-order valence-electron chi connectivity index (χ3n) is 2.63. The maximum atomic E-state index is 11.5. The Morgan fingerprint density at radius 1 is 1.35 bits per heavy atom. The molecule has 0 saturated carbocycles. The second-order valence-corrected chi connectivity index (χ2v) is 6.08. The van der Waals surface area contributed by atoms with E-state index in [0.29, 0.717) is 20.9 Å². The number of esters is 1. The first-order valence-electron chi connectivity index (χ1n) is 5.62. The molecule has 0 bridgehead atoms. The van der Waals surface area contributed by atoms with E-state index in [9.17, 15) is 4.79 Å². The molecule has 0 aliphatic heterocycles. The molecule has 2 aromatic rings. The Morgan fingerprint density at radius 2 is 2.05 bits per heavy atom. The first kappa shape index (κ1) is 15.5. The van der Waals surface area contributed by atoms with Crippen LogP contribution < -0.4 is 4.74 Å². The average molecular weight is 423 g/mol. The predicted molar refractivity (Wildman–Crippen MR) is 84.3 cm³/mol. The molecule has 0 N–H and O–H groups in total. The topological polar surface area (TPSA) is 48.4 Å². The van der Waals surface area contributed by atoms with Gasteiger partial charge in [-0.25, -0.2) is 9.78 Å². The fourth-order valence-corrected chi connectivity index (χ4v) is 3.19. The standard InChI is InChI=1S/C13H10Br2ClNO3/c1-6(13(18)19-2)20-12-9(15)5-8(14)7-3-4-10(16)17-11(7)12/h3-6H,1-2H3. The largest absolute Gasteiger partial charge is 0.476 e. The van der Waals surface area contributed by atoms with Crippen LogP contribution in [0.5, 0.6) is 5.75 Å². The number of methoxy groups -OCH3 is 1. The number of hydrogen-bond donors (Lipinski definition) is 0. The lowest BCUT2D eigenvalue weighted by Gasteiger charge is -2.16. The maximum Gasteiger partial charge on any atom is 0.346 e. The molecule has 1 atom stereocenters. The highest BCUT2D eigenvalue weighted by Gasteiger charge is 2.20. The first-order chi connectivity index (χ1) is 9.43. The van der Waals surface area contributed by atoms with Crippen molar-refractivity contribution >= 4 is 60.3 Å². The summed E-state index contributed by atoms with van der Waals surface area (Å²) in [6.45, 7) is 1.61. The molecule has 1 unspecified atom stereocenters. The van der Waals surface area contributed by atoms with Gasteiger partial charge in [0.25, 0.3) is 0 Å². The molecule has 0 spiro atoms. The highest BCUT2D eigenvalue weighted by atomic mass is 79.9. The summed E-state index contributed by atoms with van der Waals surface area (Å²) < 4.78 is 11.8. The molecule has 0 aliphatic carbocycles. The molecular weight excluding hydrogens is 413 g/mol. The smallest absolute Gasteiger partial charge is 0.346 e. The van der Waals surface area contributed by atoms with Gasteiger partial charge in [-0.05, 0) is 41.1 Å². The number of benzene rings is 1. The van der Waals surface area contributed by atoms with E-state index in [1.54, 1.807) is 13.0 Å². The summed E-state index contributed by atoms with van der Waals surface area (Å²) in [6.07, 6.45) is -0.749. The fourth-order valence-electron chi connectivity index (χ4n) is 1.67. The van der Waals surface area contributed by atoms with Gasteiger partial charge in [0.05, 0.1) is 11.6 Å². The van der Waals surface area contributed by atoms with E-state index in [0.717, 1.165) is 9.86 Å². The first-order valence-corrected chi connectivity index (χ1v) is 7.59. The highest BCUT2D eigenvalue weighted by Crippen LogP contribution is 2.38. The third-order valence-corrected chi connectivity index (χ3v) is 4.09. The molecule has 0 amide bonds. The number of rotatable bonds is 3. The maximum absolute atomic E-state index is 11.5. The predicted octanol–water partition coefficient (Wildman–Crippen LogP) is 4.35. The molecule has 4 nitrogen and oxygen atoms in total. The van der Waals surface area contributed by atoms with Gasteiger partial charge in [0, 0.05) is 9.86 Å². The summed E-state index contributed by atoms with van der Waals surface area (Å²) in [7, 11) is 1.31. The van der Waals surface area contributed by atoms with Crippen molar-refractivity contribution in [1.82, 2.24) is 4.98 Å². The number of carbonyl (C=O) groups is 1. The Hall–Kier alpha value is -0.850. The van der Waals surface area contributed by atoms with Crippen LogP contribution in [0.15, 0.2) is 27.1 Å². The van der Waals surface area contributed by atoms with Crippen LogP contribution in [0.4, 0.5) is 0 Å².